The Morgan fingerprint density at radius 3 is 2.90 bits per heavy atom. The molecule has 5 nitrogen and oxygen atoms in total. The van der Waals surface area contributed by atoms with E-state index in [4.69, 9.17) is 4.74 Å². The van der Waals surface area contributed by atoms with E-state index in [-0.39, 0.29) is 6.04 Å². The number of nitrogens with zero attached hydrogens (tertiary/aromatic N) is 3. The predicted octanol–water partition coefficient (Wildman–Crippen LogP) is 2.90. The third-order valence-corrected chi connectivity index (χ3v) is 3.84. The number of aromatic nitrogens is 2. The van der Waals surface area contributed by atoms with Gasteiger partial charge in [-0.1, -0.05) is 18.2 Å². The number of fused-ring (bicyclic) bond motifs is 1. The van der Waals surface area contributed by atoms with Crippen molar-refractivity contribution in [1.29, 1.82) is 5.26 Å². The average Bonchev–Trinajstić information content (AvgIpc) is 2.52. The fraction of sp³-hybridized carbons (Fsp3) is 0.312. The fourth-order valence-electron chi connectivity index (χ4n) is 2.50. The summed E-state index contributed by atoms with van der Waals surface area (Å²) < 4.78 is 5.65. The molecule has 0 fully saturated rings. The van der Waals surface area contributed by atoms with Gasteiger partial charge < -0.3 is 10.1 Å². The topological polar surface area (TPSA) is 70.8 Å². The van der Waals surface area contributed by atoms with Crippen LogP contribution in [0.3, 0.4) is 0 Å². The van der Waals surface area contributed by atoms with Gasteiger partial charge in [-0.25, -0.2) is 0 Å². The molecule has 21 heavy (non-hydrogen) atoms. The SMILES string of the molecule is Cc1nnc(NC2CCOc3ccccc32)c(C#N)c1C. The Kier molecular flexibility index (Phi) is 3.44. The van der Waals surface area contributed by atoms with Crippen LogP contribution in [0.1, 0.15) is 34.8 Å². The zero-order valence-corrected chi connectivity index (χ0v) is 12.1. The van der Waals surface area contributed by atoms with Crippen LogP contribution in [0.15, 0.2) is 24.3 Å². The number of nitrogens with one attached hydrogen (secondary N) is 1. The highest BCUT2D eigenvalue weighted by atomic mass is 16.5. The Morgan fingerprint density at radius 2 is 2.10 bits per heavy atom. The monoisotopic (exact) mass is 280 g/mol. The second-order valence-corrected chi connectivity index (χ2v) is 5.12. The molecule has 1 atom stereocenters. The largest absolute Gasteiger partial charge is 0.493 e. The molecule has 1 aromatic heterocycles. The van der Waals surface area contributed by atoms with Gasteiger partial charge in [0.15, 0.2) is 5.82 Å². The van der Waals surface area contributed by atoms with Gasteiger partial charge in [-0.05, 0) is 25.5 Å². The maximum atomic E-state index is 9.37. The van der Waals surface area contributed by atoms with Crippen LogP contribution in [-0.2, 0) is 0 Å². The van der Waals surface area contributed by atoms with Crippen LogP contribution in [-0.4, -0.2) is 16.8 Å². The number of rotatable bonds is 2. The number of hydrogen-bond acceptors (Lipinski definition) is 5. The molecule has 0 spiro atoms. The first-order valence-electron chi connectivity index (χ1n) is 6.93. The molecule has 0 saturated carbocycles. The summed E-state index contributed by atoms with van der Waals surface area (Å²) in [5, 5.41) is 21.0. The first kappa shape index (κ1) is 13.4. The van der Waals surface area contributed by atoms with Crippen LogP contribution in [0, 0.1) is 25.2 Å². The molecule has 0 amide bonds. The standard InChI is InChI=1S/C16H16N4O/c1-10-11(2)19-20-16(13(10)9-17)18-14-7-8-21-15-6-4-3-5-12(14)15/h3-6,14H,7-8H2,1-2H3,(H,18,20). The molecule has 1 unspecified atom stereocenters. The van der Waals surface area contributed by atoms with Crippen molar-refractivity contribution in [3.63, 3.8) is 0 Å². The molecule has 1 N–H and O–H groups in total. The van der Waals surface area contributed by atoms with Crippen molar-refractivity contribution < 1.29 is 4.74 Å². The van der Waals surface area contributed by atoms with Gasteiger partial charge in [0.2, 0.25) is 0 Å². The van der Waals surface area contributed by atoms with E-state index in [0.29, 0.717) is 18.0 Å². The molecule has 1 aliphatic rings. The second-order valence-electron chi connectivity index (χ2n) is 5.12. The number of para-hydroxylation sites is 1. The lowest BCUT2D eigenvalue weighted by Crippen LogP contribution is -2.21. The summed E-state index contributed by atoms with van der Waals surface area (Å²) in [6.45, 7) is 4.40. The minimum atomic E-state index is 0.0819. The third-order valence-electron chi connectivity index (χ3n) is 3.84. The molecule has 1 aliphatic heterocycles. The van der Waals surface area contributed by atoms with Crippen molar-refractivity contribution in [2.24, 2.45) is 0 Å². The van der Waals surface area contributed by atoms with Crippen molar-refractivity contribution in [1.82, 2.24) is 10.2 Å². The summed E-state index contributed by atoms with van der Waals surface area (Å²) in [5.74, 6) is 1.43. The van der Waals surface area contributed by atoms with E-state index in [1.165, 1.54) is 0 Å². The zero-order chi connectivity index (χ0) is 14.8. The number of anilines is 1. The smallest absolute Gasteiger partial charge is 0.167 e. The Morgan fingerprint density at radius 1 is 1.29 bits per heavy atom. The van der Waals surface area contributed by atoms with Gasteiger partial charge in [-0.2, -0.15) is 10.4 Å². The van der Waals surface area contributed by atoms with E-state index in [2.05, 4.69) is 21.6 Å². The summed E-state index contributed by atoms with van der Waals surface area (Å²) in [6, 6.07) is 10.2. The predicted molar refractivity (Wildman–Crippen MR) is 79.1 cm³/mol. The third kappa shape index (κ3) is 2.40. The quantitative estimate of drug-likeness (QED) is 0.915. The summed E-state index contributed by atoms with van der Waals surface area (Å²) in [6.07, 6.45) is 0.830. The van der Waals surface area contributed by atoms with Crippen LogP contribution in [0.4, 0.5) is 5.82 Å². The molecular formula is C16H16N4O. The molecule has 5 heteroatoms. The molecule has 0 bridgehead atoms. The van der Waals surface area contributed by atoms with Gasteiger partial charge in [0.05, 0.1) is 18.3 Å². The highest BCUT2D eigenvalue weighted by molar-refractivity contribution is 5.57. The van der Waals surface area contributed by atoms with E-state index < -0.39 is 0 Å². The van der Waals surface area contributed by atoms with Crippen molar-refractivity contribution in [2.75, 3.05) is 11.9 Å². The minimum absolute atomic E-state index is 0.0819. The van der Waals surface area contributed by atoms with Crippen LogP contribution >= 0.6 is 0 Å². The molecule has 0 aliphatic carbocycles. The van der Waals surface area contributed by atoms with Crippen molar-refractivity contribution in [2.45, 2.75) is 26.3 Å². The first-order valence-corrected chi connectivity index (χ1v) is 6.93. The number of ether oxygens (including phenoxy) is 1. The summed E-state index contributed by atoms with van der Waals surface area (Å²) >= 11 is 0. The average molecular weight is 280 g/mol. The highest BCUT2D eigenvalue weighted by Gasteiger charge is 2.23. The Labute approximate surface area is 123 Å². The fourth-order valence-corrected chi connectivity index (χ4v) is 2.50. The summed E-state index contributed by atoms with van der Waals surface area (Å²) in [5.41, 5.74) is 3.30. The second kappa shape index (κ2) is 5.41. The van der Waals surface area contributed by atoms with Gasteiger partial charge in [0, 0.05) is 12.0 Å². The maximum Gasteiger partial charge on any atom is 0.167 e. The van der Waals surface area contributed by atoms with E-state index in [9.17, 15) is 5.26 Å². The van der Waals surface area contributed by atoms with Crippen molar-refractivity contribution in [3.05, 3.63) is 46.6 Å². The van der Waals surface area contributed by atoms with Gasteiger partial charge >= 0.3 is 0 Å². The molecular weight excluding hydrogens is 264 g/mol. The minimum Gasteiger partial charge on any atom is -0.493 e. The Hall–Kier alpha value is -2.61. The first-order chi connectivity index (χ1) is 10.2. The van der Waals surface area contributed by atoms with Gasteiger partial charge in [0.25, 0.3) is 0 Å². The lowest BCUT2D eigenvalue weighted by molar-refractivity contribution is 0.274. The van der Waals surface area contributed by atoms with Gasteiger partial charge in [-0.15, -0.1) is 5.10 Å². The van der Waals surface area contributed by atoms with Crippen LogP contribution < -0.4 is 10.1 Å². The molecule has 106 valence electrons. The van der Waals surface area contributed by atoms with Crippen molar-refractivity contribution in [3.8, 4) is 11.8 Å². The molecule has 1 aromatic carbocycles. The summed E-state index contributed by atoms with van der Waals surface area (Å²) in [7, 11) is 0. The van der Waals surface area contributed by atoms with E-state index in [1.807, 2.05) is 38.1 Å². The molecule has 0 saturated heterocycles. The number of nitriles is 1. The lowest BCUT2D eigenvalue weighted by Gasteiger charge is -2.27. The van der Waals surface area contributed by atoms with Gasteiger partial charge in [0.1, 0.15) is 17.4 Å². The van der Waals surface area contributed by atoms with Crippen molar-refractivity contribution >= 4 is 5.82 Å². The number of aryl methyl sites for hydroxylation is 1. The van der Waals surface area contributed by atoms with Gasteiger partial charge in [-0.3, -0.25) is 0 Å². The van der Waals surface area contributed by atoms with Crippen LogP contribution in [0.5, 0.6) is 5.75 Å². The zero-order valence-electron chi connectivity index (χ0n) is 12.1. The number of benzene rings is 1. The van der Waals surface area contributed by atoms with E-state index in [1.54, 1.807) is 0 Å². The lowest BCUT2D eigenvalue weighted by atomic mass is 10.00. The van der Waals surface area contributed by atoms with E-state index >= 15 is 0 Å². The molecule has 2 heterocycles. The summed E-state index contributed by atoms with van der Waals surface area (Å²) in [4.78, 5) is 0. The Bertz CT molecular complexity index is 721. The number of hydrogen-bond donors (Lipinski definition) is 1. The van der Waals surface area contributed by atoms with E-state index in [0.717, 1.165) is 29.0 Å². The molecule has 0 radical (unpaired) electrons. The van der Waals surface area contributed by atoms with Crippen LogP contribution in [0.25, 0.3) is 0 Å². The molecule has 3 rings (SSSR count). The van der Waals surface area contributed by atoms with Crippen LogP contribution in [0.2, 0.25) is 0 Å². The maximum absolute atomic E-state index is 9.37. The molecule has 2 aromatic rings. The highest BCUT2D eigenvalue weighted by Crippen LogP contribution is 2.34. The normalized spacial score (nSPS) is 16.5. The Balaban J connectivity index is 1.96.